The maximum Gasteiger partial charge on any atom is 0.333 e. The largest absolute Gasteiger partial charge is 0.464 e. The van der Waals surface area contributed by atoms with Gasteiger partial charge in [-0.1, -0.05) is 99.3 Å². The Morgan fingerprint density at radius 3 is 2.33 bits per heavy atom. The molecule has 4 nitrogen and oxygen atoms in total. The summed E-state index contributed by atoms with van der Waals surface area (Å²) in [5, 5.41) is 0. The van der Waals surface area contributed by atoms with Crippen LogP contribution in [0.4, 0.5) is 0 Å². The van der Waals surface area contributed by atoms with Crippen LogP contribution in [0.15, 0.2) is 59.5 Å². The topological polar surface area (TPSA) is 46.6 Å². The van der Waals surface area contributed by atoms with Crippen LogP contribution in [0.1, 0.15) is 50.4 Å². The van der Waals surface area contributed by atoms with Crippen LogP contribution in [-0.2, 0) is 19.7 Å². The molecule has 1 aliphatic heterocycles. The van der Waals surface area contributed by atoms with Gasteiger partial charge in [0.1, 0.15) is 4.32 Å². The fourth-order valence-corrected chi connectivity index (χ4v) is 4.49. The Morgan fingerprint density at radius 1 is 1.13 bits per heavy atom. The van der Waals surface area contributed by atoms with Crippen LogP contribution in [0.2, 0.25) is 0 Å². The second kappa shape index (κ2) is 9.14. The molecule has 3 rings (SSSR count). The van der Waals surface area contributed by atoms with E-state index in [-0.39, 0.29) is 17.9 Å². The maximum absolute atomic E-state index is 13.2. The zero-order chi connectivity index (χ0) is 21.9. The van der Waals surface area contributed by atoms with E-state index in [0.717, 1.165) is 5.56 Å². The molecule has 0 spiro atoms. The molecule has 6 heteroatoms. The average molecular weight is 440 g/mol. The number of rotatable bonds is 5. The van der Waals surface area contributed by atoms with Gasteiger partial charge in [-0.3, -0.25) is 9.69 Å². The normalized spacial score (nSPS) is 16.8. The number of nitrogens with zero attached hydrogens (tertiary/aromatic N) is 1. The lowest BCUT2D eigenvalue weighted by molar-refractivity contribution is -0.151. The molecule has 1 aliphatic rings. The van der Waals surface area contributed by atoms with E-state index < -0.39 is 12.0 Å². The smallest absolute Gasteiger partial charge is 0.333 e. The van der Waals surface area contributed by atoms with Gasteiger partial charge in [0.25, 0.3) is 5.91 Å². The van der Waals surface area contributed by atoms with Crippen LogP contribution in [0.3, 0.4) is 0 Å². The molecule has 0 aliphatic carbocycles. The molecular formula is C24H25NO3S2. The highest BCUT2D eigenvalue weighted by Gasteiger charge is 2.42. The fraction of sp³-hybridized carbons (Fsp3) is 0.292. The van der Waals surface area contributed by atoms with Gasteiger partial charge < -0.3 is 4.74 Å². The second-order valence-electron chi connectivity index (χ2n) is 7.99. The summed E-state index contributed by atoms with van der Waals surface area (Å²) < 4.78 is 5.59. The van der Waals surface area contributed by atoms with Gasteiger partial charge in [-0.2, -0.15) is 0 Å². The van der Waals surface area contributed by atoms with Crippen molar-refractivity contribution in [3.63, 3.8) is 0 Å². The fourth-order valence-electron chi connectivity index (χ4n) is 3.18. The van der Waals surface area contributed by atoms with Gasteiger partial charge in [-0.05, 0) is 35.1 Å². The molecule has 156 valence electrons. The number of hydrogen-bond acceptors (Lipinski definition) is 5. The average Bonchev–Trinajstić information content (AvgIpc) is 2.97. The Balaban J connectivity index is 1.92. The zero-order valence-corrected chi connectivity index (χ0v) is 19.2. The van der Waals surface area contributed by atoms with Crippen molar-refractivity contribution in [1.29, 1.82) is 0 Å². The summed E-state index contributed by atoms with van der Waals surface area (Å²) in [4.78, 5) is 27.8. The first-order chi connectivity index (χ1) is 14.2. The first-order valence-corrected chi connectivity index (χ1v) is 11.0. The quantitative estimate of drug-likeness (QED) is 0.350. The summed E-state index contributed by atoms with van der Waals surface area (Å²) in [6, 6.07) is 16.3. The van der Waals surface area contributed by atoms with Gasteiger partial charge in [0.2, 0.25) is 0 Å². The predicted octanol–water partition coefficient (Wildman–Crippen LogP) is 5.49. The van der Waals surface area contributed by atoms with E-state index in [4.69, 9.17) is 17.0 Å². The van der Waals surface area contributed by atoms with E-state index in [1.807, 2.05) is 36.4 Å². The van der Waals surface area contributed by atoms with Crippen molar-refractivity contribution >= 4 is 46.3 Å². The highest BCUT2D eigenvalue weighted by Crippen LogP contribution is 2.39. The lowest BCUT2D eigenvalue weighted by atomic mass is 9.87. The molecule has 2 aromatic rings. The summed E-state index contributed by atoms with van der Waals surface area (Å²) in [6.45, 7) is 8.45. The van der Waals surface area contributed by atoms with Crippen molar-refractivity contribution in [1.82, 2.24) is 4.90 Å². The molecule has 30 heavy (non-hydrogen) atoms. The van der Waals surface area contributed by atoms with E-state index in [1.165, 1.54) is 22.2 Å². The third-order valence-corrected chi connectivity index (χ3v) is 6.11. The lowest BCUT2D eigenvalue weighted by Gasteiger charge is -2.25. The van der Waals surface area contributed by atoms with E-state index >= 15 is 0 Å². The monoisotopic (exact) mass is 439 g/mol. The summed E-state index contributed by atoms with van der Waals surface area (Å²) in [5.41, 5.74) is 2.86. The number of ether oxygens (including phenoxy) is 1. The molecule has 2 aromatic carbocycles. The molecule has 0 N–H and O–H groups in total. The van der Waals surface area contributed by atoms with Crippen LogP contribution in [-0.4, -0.2) is 27.7 Å². The first-order valence-electron chi connectivity index (χ1n) is 9.81. The first kappa shape index (κ1) is 22.2. The van der Waals surface area contributed by atoms with Crippen LogP contribution < -0.4 is 0 Å². The van der Waals surface area contributed by atoms with Crippen LogP contribution in [0, 0.1) is 0 Å². The highest BCUT2D eigenvalue weighted by atomic mass is 32.2. The lowest BCUT2D eigenvalue weighted by Crippen LogP contribution is -2.38. The van der Waals surface area contributed by atoms with Crippen LogP contribution in [0.5, 0.6) is 0 Å². The number of carbonyl (C=O) groups excluding carboxylic acids is 2. The van der Waals surface area contributed by atoms with Gasteiger partial charge >= 0.3 is 5.97 Å². The molecule has 0 radical (unpaired) electrons. The van der Waals surface area contributed by atoms with Crippen molar-refractivity contribution in [2.45, 2.75) is 39.2 Å². The number of esters is 1. The van der Waals surface area contributed by atoms with Crippen molar-refractivity contribution < 1.29 is 14.3 Å². The van der Waals surface area contributed by atoms with E-state index in [9.17, 15) is 9.59 Å². The molecule has 0 bridgehead atoms. The number of thioether (sulfide) groups is 1. The molecule has 0 aromatic heterocycles. The number of amides is 1. The Kier molecular flexibility index (Phi) is 6.78. The Bertz CT molecular complexity index is 976. The molecule has 1 heterocycles. The van der Waals surface area contributed by atoms with Gasteiger partial charge in [0.15, 0.2) is 6.04 Å². The van der Waals surface area contributed by atoms with Crippen molar-refractivity contribution in [2.75, 3.05) is 6.61 Å². The third-order valence-electron chi connectivity index (χ3n) is 4.78. The van der Waals surface area contributed by atoms with Crippen molar-refractivity contribution in [3.8, 4) is 0 Å². The minimum absolute atomic E-state index is 0.0600. The SMILES string of the molecule is CCOC(=O)C(c1ccccc1)N1C(=O)/C(=C\c2ccc(C(C)(C)C)cc2)SC1=S. The minimum atomic E-state index is -0.896. The van der Waals surface area contributed by atoms with Crippen LogP contribution in [0.25, 0.3) is 6.08 Å². The van der Waals surface area contributed by atoms with E-state index in [0.29, 0.717) is 14.8 Å². The van der Waals surface area contributed by atoms with E-state index in [2.05, 4.69) is 32.9 Å². The predicted molar refractivity (Wildman–Crippen MR) is 126 cm³/mol. The van der Waals surface area contributed by atoms with Crippen LogP contribution >= 0.6 is 24.0 Å². The van der Waals surface area contributed by atoms with Gasteiger partial charge in [-0.25, -0.2) is 4.79 Å². The molecule has 0 saturated carbocycles. The maximum atomic E-state index is 13.2. The molecule has 1 fully saturated rings. The molecule has 1 amide bonds. The standard InChI is InChI=1S/C24H25NO3S2/c1-5-28-22(27)20(17-9-7-6-8-10-17)25-21(26)19(30-23(25)29)15-16-11-13-18(14-12-16)24(2,3)4/h6-15,20H,5H2,1-4H3/b19-15+. The Morgan fingerprint density at radius 2 is 1.77 bits per heavy atom. The zero-order valence-electron chi connectivity index (χ0n) is 17.5. The number of carbonyl (C=O) groups is 2. The summed E-state index contributed by atoms with van der Waals surface area (Å²) in [6.07, 6.45) is 1.82. The van der Waals surface area contributed by atoms with Gasteiger partial charge in [0, 0.05) is 0 Å². The molecule has 1 unspecified atom stereocenters. The van der Waals surface area contributed by atoms with E-state index in [1.54, 1.807) is 19.1 Å². The Hall–Kier alpha value is -2.44. The molecule has 1 saturated heterocycles. The second-order valence-corrected chi connectivity index (χ2v) is 9.66. The number of benzene rings is 2. The highest BCUT2D eigenvalue weighted by molar-refractivity contribution is 8.26. The number of hydrogen-bond donors (Lipinski definition) is 0. The van der Waals surface area contributed by atoms with Gasteiger partial charge in [-0.15, -0.1) is 0 Å². The molecular weight excluding hydrogens is 414 g/mol. The summed E-state index contributed by atoms with van der Waals surface area (Å²) in [5.74, 6) is -0.775. The molecule has 1 atom stereocenters. The van der Waals surface area contributed by atoms with Crippen molar-refractivity contribution in [3.05, 3.63) is 76.2 Å². The van der Waals surface area contributed by atoms with Crippen molar-refractivity contribution in [2.24, 2.45) is 0 Å². The Labute approximate surface area is 187 Å². The number of thiocarbonyl (C=S) groups is 1. The third kappa shape index (κ3) is 4.82. The minimum Gasteiger partial charge on any atom is -0.464 e. The summed E-state index contributed by atoms with van der Waals surface area (Å²) in [7, 11) is 0. The summed E-state index contributed by atoms with van der Waals surface area (Å²) >= 11 is 6.69. The van der Waals surface area contributed by atoms with Gasteiger partial charge in [0.05, 0.1) is 11.5 Å².